The van der Waals surface area contributed by atoms with Gasteiger partial charge >= 0.3 is 14.2 Å². The molecule has 0 bridgehead atoms. The molecule has 0 saturated carbocycles. The second-order valence-electron chi connectivity index (χ2n) is 2.11. The number of hydrogen-bond acceptors (Lipinski definition) is 3. The molecule has 0 aromatic heterocycles. The third-order valence-electron chi connectivity index (χ3n) is 1.15. The zero-order valence-electron chi connectivity index (χ0n) is 5.96. The average molecular weight is 128 g/mol. The number of hydrogen-bond donors (Lipinski definition) is 0. The van der Waals surface area contributed by atoms with Gasteiger partial charge in [0.05, 0.1) is 0 Å². The summed E-state index contributed by atoms with van der Waals surface area (Å²) < 4.78 is 15.3. The van der Waals surface area contributed by atoms with Gasteiger partial charge in [-0.05, 0) is 20.6 Å². The van der Waals surface area contributed by atoms with Crippen LogP contribution in [0.2, 0.25) is 13.6 Å². The van der Waals surface area contributed by atoms with E-state index >= 15 is 0 Å². The molecule has 5 heteroatoms. The predicted octanol–water partition coefficient (Wildman–Crippen LogP) is 0.632. The molecule has 0 radical (unpaired) electrons. The lowest BCUT2D eigenvalue weighted by Crippen LogP contribution is -2.41. The van der Waals surface area contributed by atoms with E-state index in [-0.39, 0.29) is 20.5 Å². The van der Waals surface area contributed by atoms with Crippen molar-refractivity contribution in [1.29, 1.82) is 0 Å². The third-order valence-corrected chi connectivity index (χ3v) is 1.15. The van der Waals surface area contributed by atoms with Crippen molar-refractivity contribution in [2.75, 3.05) is 0 Å². The summed E-state index contributed by atoms with van der Waals surface area (Å²) in [4.78, 5) is 0. The molecular weight excluding hydrogens is 118 g/mol. The summed E-state index contributed by atoms with van der Waals surface area (Å²) in [7, 11) is -0.271. The van der Waals surface area contributed by atoms with Gasteiger partial charge in [0.1, 0.15) is 6.29 Å². The van der Waals surface area contributed by atoms with Crippen LogP contribution in [0.4, 0.5) is 0 Å². The Labute approximate surface area is 56.0 Å². The predicted molar refractivity (Wildman–Crippen MR) is 36.0 cm³/mol. The lowest BCUT2D eigenvalue weighted by atomic mass is 9.83. The molecule has 1 aliphatic rings. The molecule has 1 aliphatic heterocycles. The van der Waals surface area contributed by atoms with Crippen molar-refractivity contribution in [2.45, 2.75) is 26.9 Å². The van der Waals surface area contributed by atoms with Gasteiger partial charge in [-0.1, -0.05) is 0 Å². The molecule has 0 N–H and O–H groups in total. The quantitative estimate of drug-likeness (QED) is 0.447. The van der Waals surface area contributed by atoms with Gasteiger partial charge in [-0.3, -0.25) is 0 Å². The molecule has 0 atom stereocenters. The van der Waals surface area contributed by atoms with Crippen molar-refractivity contribution in [3.05, 3.63) is 0 Å². The summed E-state index contributed by atoms with van der Waals surface area (Å²) in [5, 5.41) is 0. The van der Waals surface area contributed by atoms with Gasteiger partial charge in [0.25, 0.3) is 0 Å². The van der Waals surface area contributed by atoms with E-state index in [1.165, 1.54) is 0 Å². The fraction of sp³-hybridized carbons (Fsp3) is 1.00. The molecule has 0 unspecified atom stereocenters. The molecule has 1 saturated heterocycles. The SMILES string of the molecule is CB1OB(C)OC(C)O1. The van der Waals surface area contributed by atoms with Crippen LogP contribution in [0.5, 0.6) is 0 Å². The van der Waals surface area contributed by atoms with E-state index in [2.05, 4.69) is 0 Å². The molecule has 0 aliphatic carbocycles. The van der Waals surface area contributed by atoms with Crippen molar-refractivity contribution in [3.8, 4) is 0 Å². The Balaban J connectivity index is 2.34. The van der Waals surface area contributed by atoms with Crippen molar-refractivity contribution in [2.24, 2.45) is 0 Å². The topological polar surface area (TPSA) is 27.7 Å². The second-order valence-corrected chi connectivity index (χ2v) is 2.11. The monoisotopic (exact) mass is 128 g/mol. The van der Waals surface area contributed by atoms with Crippen LogP contribution in [0.3, 0.4) is 0 Å². The Morgan fingerprint density at radius 2 is 1.56 bits per heavy atom. The van der Waals surface area contributed by atoms with Crippen molar-refractivity contribution < 1.29 is 13.9 Å². The van der Waals surface area contributed by atoms with Crippen LogP contribution in [0.1, 0.15) is 6.92 Å². The highest BCUT2D eigenvalue weighted by atomic mass is 16.8. The Kier molecular flexibility index (Phi) is 2.16. The number of rotatable bonds is 0. The lowest BCUT2D eigenvalue weighted by molar-refractivity contribution is -0.0323. The first-order valence-corrected chi connectivity index (χ1v) is 3.15. The van der Waals surface area contributed by atoms with E-state index < -0.39 is 0 Å². The first-order valence-electron chi connectivity index (χ1n) is 3.15. The maximum absolute atomic E-state index is 5.11. The molecule has 50 valence electrons. The van der Waals surface area contributed by atoms with Crippen molar-refractivity contribution in [1.82, 2.24) is 0 Å². The minimum Gasteiger partial charge on any atom is -0.451 e. The molecule has 0 aromatic rings. The summed E-state index contributed by atoms with van der Waals surface area (Å²) in [6, 6.07) is 0. The first kappa shape index (κ1) is 7.12. The molecule has 3 nitrogen and oxygen atoms in total. The van der Waals surface area contributed by atoms with E-state index in [0.29, 0.717) is 0 Å². The Morgan fingerprint density at radius 1 is 1.11 bits per heavy atom. The minimum absolute atomic E-state index is 0.135. The fourth-order valence-electron chi connectivity index (χ4n) is 0.906. The fourth-order valence-corrected chi connectivity index (χ4v) is 0.906. The van der Waals surface area contributed by atoms with Crippen molar-refractivity contribution >= 4 is 14.2 Å². The second kappa shape index (κ2) is 2.73. The van der Waals surface area contributed by atoms with E-state index in [4.69, 9.17) is 13.9 Å². The van der Waals surface area contributed by atoms with Gasteiger partial charge in [0.2, 0.25) is 0 Å². The molecule has 1 rings (SSSR count). The zero-order chi connectivity index (χ0) is 6.85. The van der Waals surface area contributed by atoms with Gasteiger partial charge in [-0.25, -0.2) is 0 Å². The first-order chi connectivity index (χ1) is 4.18. The Morgan fingerprint density at radius 3 is 1.89 bits per heavy atom. The molecule has 0 aromatic carbocycles. The Hall–Kier alpha value is 0.00987. The Bertz CT molecular complexity index is 74.8. The van der Waals surface area contributed by atoms with Gasteiger partial charge in [-0.2, -0.15) is 0 Å². The summed E-state index contributed by atoms with van der Waals surface area (Å²) in [5.74, 6) is 0. The largest absolute Gasteiger partial charge is 0.451 e. The van der Waals surface area contributed by atoms with Crippen LogP contribution in [-0.4, -0.2) is 20.5 Å². The van der Waals surface area contributed by atoms with E-state index in [1.807, 2.05) is 20.6 Å². The van der Waals surface area contributed by atoms with Crippen LogP contribution >= 0.6 is 0 Å². The molecule has 1 heterocycles. The van der Waals surface area contributed by atoms with E-state index in [1.54, 1.807) is 0 Å². The third kappa shape index (κ3) is 2.01. The van der Waals surface area contributed by atoms with Gasteiger partial charge in [-0.15, -0.1) is 0 Å². The molecule has 1 fully saturated rings. The molecular formula is C4H10B2O3. The lowest BCUT2D eigenvalue weighted by Gasteiger charge is -2.27. The van der Waals surface area contributed by atoms with Gasteiger partial charge in [0.15, 0.2) is 0 Å². The highest BCUT2D eigenvalue weighted by Crippen LogP contribution is 2.08. The van der Waals surface area contributed by atoms with Gasteiger partial charge < -0.3 is 13.9 Å². The van der Waals surface area contributed by atoms with Crippen LogP contribution in [0.15, 0.2) is 0 Å². The highest BCUT2D eigenvalue weighted by Gasteiger charge is 2.28. The standard InChI is InChI=1S/C4H10B2O3/c1-4-7-5(2)9-6(3)8-4/h4H,1-3H3. The van der Waals surface area contributed by atoms with Crippen LogP contribution in [0.25, 0.3) is 0 Å². The zero-order valence-corrected chi connectivity index (χ0v) is 5.96. The molecule has 9 heavy (non-hydrogen) atoms. The van der Waals surface area contributed by atoms with Crippen LogP contribution in [0, 0.1) is 0 Å². The smallest absolute Gasteiger partial charge is 0.441 e. The maximum atomic E-state index is 5.11. The van der Waals surface area contributed by atoms with Crippen LogP contribution in [-0.2, 0) is 13.9 Å². The average Bonchev–Trinajstić information content (AvgIpc) is 1.59. The summed E-state index contributed by atoms with van der Waals surface area (Å²) >= 11 is 0. The van der Waals surface area contributed by atoms with Gasteiger partial charge in [0, 0.05) is 0 Å². The van der Waals surface area contributed by atoms with Crippen molar-refractivity contribution in [3.63, 3.8) is 0 Å². The normalized spacial score (nSPS) is 23.0. The minimum atomic E-state index is -0.135. The van der Waals surface area contributed by atoms with Crippen LogP contribution < -0.4 is 0 Å². The highest BCUT2D eigenvalue weighted by molar-refractivity contribution is 6.58. The summed E-state index contributed by atoms with van der Waals surface area (Å²) in [6.45, 7) is 5.57. The summed E-state index contributed by atoms with van der Waals surface area (Å²) in [6.07, 6.45) is -0.135. The van der Waals surface area contributed by atoms with E-state index in [9.17, 15) is 0 Å². The van der Waals surface area contributed by atoms with E-state index in [0.717, 1.165) is 0 Å². The molecule has 0 amide bonds. The summed E-state index contributed by atoms with van der Waals surface area (Å²) in [5.41, 5.74) is 0. The molecule has 0 spiro atoms. The maximum Gasteiger partial charge on any atom is 0.441 e.